The van der Waals surface area contributed by atoms with E-state index in [1.807, 2.05) is 36.5 Å². The Morgan fingerprint density at radius 3 is 1.70 bits per heavy atom. The van der Waals surface area contributed by atoms with Gasteiger partial charge < -0.3 is 4.57 Å². The van der Waals surface area contributed by atoms with Crippen molar-refractivity contribution < 1.29 is 0 Å². The van der Waals surface area contributed by atoms with Crippen LogP contribution in [0.1, 0.15) is 0 Å². The molecule has 0 aliphatic carbocycles. The van der Waals surface area contributed by atoms with Crippen LogP contribution in [0, 0.1) is 0 Å². The summed E-state index contributed by atoms with van der Waals surface area (Å²) in [5.41, 5.74) is 8.44. The second-order valence-electron chi connectivity index (χ2n) is 11.0. The molecule has 4 aromatic heterocycles. The van der Waals surface area contributed by atoms with Crippen molar-refractivity contribution in [3.8, 4) is 34.2 Å². The highest BCUT2D eigenvalue weighted by Crippen LogP contribution is 2.37. The number of aromatic nitrogens is 5. The largest absolute Gasteiger partial charge is 0.309 e. The molecule has 44 heavy (non-hydrogen) atoms. The van der Waals surface area contributed by atoms with E-state index in [9.17, 15) is 0 Å². The number of fused-ring (bicyclic) bond motifs is 6. The molecule has 206 valence electrons. The Kier molecular flexibility index (Phi) is 5.43. The van der Waals surface area contributed by atoms with E-state index in [0.717, 1.165) is 39.4 Å². The molecule has 0 bridgehead atoms. The van der Waals surface area contributed by atoms with Crippen LogP contribution in [0.4, 0.5) is 0 Å². The van der Waals surface area contributed by atoms with E-state index in [-0.39, 0.29) is 0 Å². The van der Waals surface area contributed by atoms with E-state index >= 15 is 0 Å². The zero-order valence-electron chi connectivity index (χ0n) is 23.7. The third-order valence-electron chi connectivity index (χ3n) is 8.43. The van der Waals surface area contributed by atoms with E-state index in [2.05, 4.69) is 123 Å². The molecule has 0 radical (unpaired) electrons. The van der Waals surface area contributed by atoms with Crippen LogP contribution in [-0.4, -0.2) is 24.1 Å². The Morgan fingerprint density at radius 1 is 0.432 bits per heavy atom. The van der Waals surface area contributed by atoms with E-state index in [4.69, 9.17) is 9.97 Å². The van der Waals surface area contributed by atoms with E-state index < -0.39 is 0 Å². The van der Waals surface area contributed by atoms with Gasteiger partial charge in [-0.15, -0.1) is 0 Å². The van der Waals surface area contributed by atoms with Gasteiger partial charge in [0.05, 0.1) is 27.8 Å². The molecular formula is C39H25N5. The maximum absolute atomic E-state index is 5.15. The molecule has 0 amide bonds. The summed E-state index contributed by atoms with van der Waals surface area (Å²) in [6.45, 7) is 0. The van der Waals surface area contributed by atoms with Crippen molar-refractivity contribution in [3.63, 3.8) is 0 Å². The minimum absolute atomic E-state index is 0.676. The molecule has 9 rings (SSSR count). The Hall–Kier alpha value is -6.07. The Morgan fingerprint density at radius 2 is 1.02 bits per heavy atom. The van der Waals surface area contributed by atoms with E-state index in [1.165, 1.54) is 32.6 Å². The summed E-state index contributed by atoms with van der Waals surface area (Å²) in [7, 11) is 0. The Balaban J connectivity index is 1.32. The Labute approximate surface area is 253 Å². The third kappa shape index (κ3) is 3.76. The lowest BCUT2D eigenvalue weighted by Gasteiger charge is -2.12. The molecule has 5 aromatic carbocycles. The van der Waals surface area contributed by atoms with Gasteiger partial charge in [-0.1, -0.05) is 84.9 Å². The van der Waals surface area contributed by atoms with Crippen molar-refractivity contribution in [3.05, 3.63) is 152 Å². The molecule has 9 aromatic rings. The van der Waals surface area contributed by atoms with Crippen LogP contribution >= 0.6 is 0 Å². The maximum atomic E-state index is 5.15. The summed E-state index contributed by atoms with van der Waals surface area (Å²) in [6, 6.07) is 48.8. The SMILES string of the molecule is c1ccc(-c2nc(-c3cccnc3)cc(-n3c4ccccc4c4cc(-n5c6ccccc6c6ccccc65)ccc43)n2)cc1. The molecule has 0 fully saturated rings. The van der Waals surface area contributed by atoms with E-state index in [0.29, 0.717) is 5.82 Å². The smallest absolute Gasteiger partial charge is 0.162 e. The van der Waals surface area contributed by atoms with Crippen molar-refractivity contribution in [1.29, 1.82) is 0 Å². The van der Waals surface area contributed by atoms with Gasteiger partial charge in [-0.05, 0) is 48.5 Å². The number of pyridine rings is 1. The highest BCUT2D eigenvalue weighted by molar-refractivity contribution is 6.12. The third-order valence-corrected chi connectivity index (χ3v) is 8.43. The van der Waals surface area contributed by atoms with E-state index in [1.54, 1.807) is 6.20 Å². The predicted molar refractivity (Wildman–Crippen MR) is 179 cm³/mol. The van der Waals surface area contributed by atoms with Crippen molar-refractivity contribution in [2.45, 2.75) is 0 Å². The second-order valence-corrected chi connectivity index (χ2v) is 11.0. The fourth-order valence-corrected chi connectivity index (χ4v) is 6.47. The average Bonchev–Trinajstić information content (AvgIpc) is 3.61. The predicted octanol–water partition coefficient (Wildman–Crippen LogP) is 9.40. The van der Waals surface area contributed by atoms with Gasteiger partial charge in [-0.25, -0.2) is 9.97 Å². The summed E-state index contributed by atoms with van der Waals surface area (Å²) in [5.74, 6) is 1.49. The van der Waals surface area contributed by atoms with Crippen LogP contribution in [0.15, 0.2) is 152 Å². The van der Waals surface area contributed by atoms with Crippen molar-refractivity contribution in [1.82, 2.24) is 24.1 Å². The van der Waals surface area contributed by atoms with Crippen molar-refractivity contribution in [2.24, 2.45) is 0 Å². The lowest BCUT2D eigenvalue weighted by atomic mass is 10.1. The molecule has 0 aliphatic heterocycles. The highest BCUT2D eigenvalue weighted by atomic mass is 15.1. The minimum Gasteiger partial charge on any atom is -0.309 e. The molecule has 4 heterocycles. The van der Waals surface area contributed by atoms with Gasteiger partial charge in [0.2, 0.25) is 0 Å². The zero-order chi connectivity index (χ0) is 29.0. The van der Waals surface area contributed by atoms with Gasteiger partial charge in [-0.3, -0.25) is 9.55 Å². The first-order valence-corrected chi connectivity index (χ1v) is 14.7. The topological polar surface area (TPSA) is 48.5 Å². The quantitative estimate of drug-likeness (QED) is 0.214. The number of nitrogens with zero attached hydrogens (tertiary/aromatic N) is 5. The molecule has 0 unspecified atom stereocenters. The number of rotatable bonds is 4. The zero-order valence-corrected chi connectivity index (χ0v) is 23.7. The molecule has 0 saturated carbocycles. The highest BCUT2D eigenvalue weighted by Gasteiger charge is 2.18. The van der Waals surface area contributed by atoms with Gasteiger partial charge in [0.15, 0.2) is 5.82 Å². The number of benzene rings is 5. The molecule has 0 N–H and O–H groups in total. The van der Waals surface area contributed by atoms with Crippen LogP contribution < -0.4 is 0 Å². The summed E-state index contributed by atoms with van der Waals surface area (Å²) in [5, 5.41) is 4.85. The van der Waals surface area contributed by atoms with Crippen LogP contribution in [-0.2, 0) is 0 Å². The summed E-state index contributed by atoms with van der Waals surface area (Å²) in [4.78, 5) is 14.5. The van der Waals surface area contributed by atoms with Crippen LogP contribution in [0.25, 0.3) is 77.8 Å². The van der Waals surface area contributed by atoms with Crippen LogP contribution in [0.2, 0.25) is 0 Å². The molecule has 0 spiro atoms. The number of hydrogen-bond acceptors (Lipinski definition) is 3. The summed E-state index contributed by atoms with van der Waals surface area (Å²) in [6.07, 6.45) is 3.64. The van der Waals surface area contributed by atoms with Gasteiger partial charge in [0.25, 0.3) is 0 Å². The fourth-order valence-electron chi connectivity index (χ4n) is 6.47. The standard InChI is InChI=1S/C39H25N5/c1-2-11-26(12-3-1)39-41-33(27-13-10-22-40-25-27)24-38(42-39)44-36-19-9-6-16-31(36)32-23-28(20-21-37(32)44)43-34-17-7-4-14-29(34)30-15-5-8-18-35(30)43/h1-25H. The molecule has 0 aliphatic rings. The monoisotopic (exact) mass is 563 g/mol. The van der Waals surface area contributed by atoms with Crippen molar-refractivity contribution in [2.75, 3.05) is 0 Å². The summed E-state index contributed by atoms with van der Waals surface area (Å²) >= 11 is 0. The molecule has 0 atom stereocenters. The first-order chi connectivity index (χ1) is 21.8. The van der Waals surface area contributed by atoms with Gasteiger partial charge in [0, 0.05) is 56.8 Å². The maximum Gasteiger partial charge on any atom is 0.162 e. The lowest BCUT2D eigenvalue weighted by molar-refractivity contribution is 1.05. The second kappa shape index (κ2) is 9.75. The van der Waals surface area contributed by atoms with Crippen molar-refractivity contribution >= 4 is 43.6 Å². The first kappa shape index (κ1) is 24.5. The van der Waals surface area contributed by atoms with Gasteiger partial charge in [-0.2, -0.15) is 0 Å². The fraction of sp³-hybridized carbons (Fsp3) is 0. The molecular weight excluding hydrogens is 538 g/mol. The first-order valence-electron chi connectivity index (χ1n) is 14.7. The molecule has 0 saturated heterocycles. The number of para-hydroxylation sites is 3. The lowest BCUT2D eigenvalue weighted by Crippen LogP contribution is -2.02. The normalized spacial score (nSPS) is 11.6. The number of hydrogen-bond donors (Lipinski definition) is 0. The van der Waals surface area contributed by atoms with Crippen LogP contribution in [0.3, 0.4) is 0 Å². The van der Waals surface area contributed by atoms with Gasteiger partial charge in [0.1, 0.15) is 5.82 Å². The van der Waals surface area contributed by atoms with Crippen LogP contribution in [0.5, 0.6) is 0 Å². The molecule has 5 nitrogen and oxygen atoms in total. The molecule has 5 heteroatoms. The Bertz CT molecular complexity index is 2380. The average molecular weight is 564 g/mol. The minimum atomic E-state index is 0.676. The summed E-state index contributed by atoms with van der Waals surface area (Å²) < 4.78 is 4.63. The van der Waals surface area contributed by atoms with Gasteiger partial charge >= 0.3 is 0 Å².